The average Bonchev–Trinajstić information content (AvgIpc) is 2.63. The largest absolute Gasteiger partial charge is 0.445 e. The van der Waals surface area contributed by atoms with Crippen LogP contribution in [0.15, 0.2) is 10.6 Å². The molecule has 4 heteroatoms. The highest BCUT2D eigenvalue weighted by Gasteiger charge is 2.30. The van der Waals surface area contributed by atoms with Gasteiger partial charge in [0.1, 0.15) is 11.5 Å². The van der Waals surface area contributed by atoms with Crippen LogP contribution in [0.25, 0.3) is 0 Å². The van der Waals surface area contributed by atoms with Gasteiger partial charge in [0.15, 0.2) is 0 Å². The summed E-state index contributed by atoms with van der Waals surface area (Å²) in [5, 5.41) is 0.329. The van der Waals surface area contributed by atoms with Crippen LogP contribution >= 0.6 is 0 Å². The third-order valence-corrected chi connectivity index (χ3v) is 5.34. The molecule has 1 fully saturated rings. The molecule has 0 aromatic carbocycles. The zero-order valence-corrected chi connectivity index (χ0v) is 11.7. The fourth-order valence-electron chi connectivity index (χ4n) is 2.34. The summed E-state index contributed by atoms with van der Waals surface area (Å²) in [5.74, 6) is 1.88. The van der Waals surface area contributed by atoms with Crippen molar-refractivity contribution in [2.24, 2.45) is 5.41 Å². The van der Waals surface area contributed by atoms with Crippen molar-refractivity contribution in [2.75, 3.05) is 0 Å². The zero-order chi connectivity index (χ0) is 12.5. The molecule has 2 rings (SSSR count). The Morgan fingerprint density at radius 3 is 2.65 bits per heavy atom. The van der Waals surface area contributed by atoms with Gasteiger partial charge in [-0.15, -0.1) is 0 Å². The van der Waals surface area contributed by atoms with E-state index in [1.54, 1.807) is 6.20 Å². The van der Waals surface area contributed by atoms with Crippen LogP contribution in [0.5, 0.6) is 0 Å². The molecule has 96 valence electrons. The molecule has 0 saturated heterocycles. The van der Waals surface area contributed by atoms with Gasteiger partial charge in [-0.05, 0) is 38.0 Å². The average molecular weight is 255 g/mol. The van der Waals surface area contributed by atoms with Crippen molar-refractivity contribution < 1.29 is 8.63 Å². The van der Waals surface area contributed by atoms with E-state index in [9.17, 15) is 4.21 Å². The van der Waals surface area contributed by atoms with Gasteiger partial charge in [-0.1, -0.05) is 13.8 Å². The van der Waals surface area contributed by atoms with E-state index in [2.05, 4.69) is 18.8 Å². The molecule has 0 spiro atoms. The highest BCUT2D eigenvalue weighted by molar-refractivity contribution is 7.84. The number of rotatable bonds is 3. The topological polar surface area (TPSA) is 43.1 Å². The summed E-state index contributed by atoms with van der Waals surface area (Å²) < 4.78 is 17.6. The van der Waals surface area contributed by atoms with Gasteiger partial charge in [0.25, 0.3) is 0 Å². The molecule has 1 atom stereocenters. The van der Waals surface area contributed by atoms with Crippen molar-refractivity contribution in [2.45, 2.75) is 57.5 Å². The lowest BCUT2D eigenvalue weighted by Crippen LogP contribution is -2.28. The Kier molecular flexibility index (Phi) is 3.71. The Balaban J connectivity index is 1.89. The molecular weight excluding hydrogens is 234 g/mol. The highest BCUT2D eigenvalue weighted by atomic mass is 32.2. The summed E-state index contributed by atoms with van der Waals surface area (Å²) >= 11 is 0. The van der Waals surface area contributed by atoms with Gasteiger partial charge in [-0.3, -0.25) is 4.21 Å². The number of hydrogen-bond acceptors (Lipinski definition) is 3. The van der Waals surface area contributed by atoms with Crippen LogP contribution in [-0.2, 0) is 16.6 Å². The molecular formula is C13H21NO2S. The fraction of sp³-hybridized carbons (Fsp3) is 0.769. The van der Waals surface area contributed by atoms with Crippen LogP contribution < -0.4 is 0 Å². The second kappa shape index (κ2) is 4.92. The standard InChI is InChI=1S/C13H21NO2S/c1-10-8-14-12(16-10)9-17(15)11-4-6-13(2,3)7-5-11/h8,11H,4-7,9H2,1-3H3. The smallest absolute Gasteiger partial charge is 0.206 e. The fourth-order valence-corrected chi connectivity index (χ4v) is 3.72. The molecule has 0 radical (unpaired) electrons. The summed E-state index contributed by atoms with van der Waals surface area (Å²) in [7, 11) is -0.834. The van der Waals surface area contributed by atoms with Crippen molar-refractivity contribution in [1.29, 1.82) is 0 Å². The van der Waals surface area contributed by atoms with Gasteiger partial charge in [-0.2, -0.15) is 0 Å². The van der Waals surface area contributed by atoms with Crippen LogP contribution in [0, 0.1) is 12.3 Å². The predicted octanol–water partition coefficient (Wildman–Crippen LogP) is 3.20. The minimum Gasteiger partial charge on any atom is -0.445 e. The summed E-state index contributed by atoms with van der Waals surface area (Å²) in [6.45, 7) is 6.45. The maximum atomic E-state index is 12.2. The van der Waals surface area contributed by atoms with Crippen molar-refractivity contribution in [3.63, 3.8) is 0 Å². The SMILES string of the molecule is Cc1cnc(CS(=O)C2CCC(C)(C)CC2)o1. The number of hydrogen-bond donors (Lipinski definition) is 0. The van der Waals surface area contributed by atoms with Crippen molar-refractivity contribution >= 4 is 10.8 Å². The van der Waals surface area contributed by atoms with Crippen LogP contribution in [0.3, 0.4) is 0 Å². The molecule has 1 aliphatic carbocycles. The summed E-state index contributed by atoms with van der Waals surface area (Å²) in [6.07, 6.45) is 6.18. The second-order valence-electron chi connectivity index (χ2n) is 5.75. The maximum absolute atomic E-state index is 12.2. The third kappa shape index (κ3) is 3.41. The monoisotopic (exact) mass is 255 g/mol. The molecule has 1 heterocycles. The first-order valence-corrected chi connectivity index (χ1v) is 7.63. The highest BCUT2D eigenvalue weighted by Crippen LogP contribution is 2.37. The van der Waals surface area contributed by atoms with Gasteiger partial charge < -0.3 is 4.42 Å². The molecule has 1 unspecified atom stereocenters. The van der Waals surface area contributed by atoms with Crippen molar-refractivity contribution in [3.8, 4) is 0 Å². The second-order valence-corrected chi connectivity index (χ2v) is 7.47. The Labute approximate surface area is 105 Å². The normalized spacial score (nSPS) is 22.5. The first kappa shape index (κ1) is 12.8. The number of oxazole rings is 1. The minimum atomic E-state index is -0.834. The van der Waals surface area contributed by atoms with Gasteiger partial charge in [0, 0.05) is 16.0 Å². The number of aryl methyl sites for hydroxylation is 1. The van der Waals surface area contributed by atoms with E-state index in [4.69, 9.17) is 4.42 Å². The molecule has 1 aromatic rings. The van der Waals surface area contributed by atoms with E-state index in [0.29, 0.717) is 22.3 Å². The first-order chi connectivity index (χ1) is 7.96. The quantitative estimate of drug-likeness (QED) is 0.833. The Morgan fingerprint density at radius 2 is 2.12 bits per heavy atom. The molecule has 0 aliphatic heterocycles. The molecule has 0 bridgehead atoms. The van der Waals surface area contributed by atoms with Crippen molar-refractivity contribution in [1.82, 2.24) is 4.98 Å². The van der Waals surface area contributed by atoms with E-state index in [-0.39, 0.29) is 0 Å². The van der Waals surface area contributed by atoms with Gasteiger partial charge in [0.05, 0.1) is 6.20 Å². The van der Waals surface area contributed by atoms with Gasteiger partial charge in [0.2, 0.25) is 5.89 Å². The van der Waals surface area contributed by atoms with Crippen LogP contribution in [0.4, 0.5) is 0 Å². The van der Waals surface area contributed by atoms with Crippen LogP contribution in [0.2, 0.25) is 0 Å². The van der Waals surface area contributed by atoms with E-state index < -0.39 is 10.8 Å². The zero-order valence-electron chi connectivity index (χ0n) is 10.9. The van der Waals surface area contributed by atoms with Crippen LogP contribution in [0.1, 0.15) is 51.2 Å². The Morgan fingerprint density at radius 1 is 1.47 bits per heavy atom. The van der Waals surface area contributed by atoms with Gasteiger partial charge in [-0.25, -0.2) is 4.98 Å². The molecule has 17 heavy (non-hydrogen) atoms. The molecule has 3 nitrogen and oxygen atoms in total. The van der Waals surface area contributed by atoms with E-state index >= 15 is 0 Å². The van der Waals surface area contributed by atoms with E-state index in [0.717, 1.165) is 18.6 Å². The predicted molar refractivity (Wildman–Crippen MR) is 69.1 cm³/mol. The summed E-state index contributed by atoms with van der Waals surface area (Å²) in [6, 6.07) is 0. The lowest BCUT2D eigenvalue weighted by Gasteiger charge is -2.33. The number of nitrogens with zero attached hydrogens (tertiary/aromatic N) is 1. The lowest BCUT2D eigenvalue weighted by molar-refractivity contribution is 0.247. The Hall–Kier alpha value is -0.640. The van der Waals surface area contributed by atoms with Crippen LogP contribution in [-0.4, -0.2) is 14.4 Å². The molecule has 1 aliphatic rings. The molecule has 0 N–H and O–H groups in total. The van der Waals surface area contributed by atoms with E-state index in [1.807, 2.05) is 6.92 Å². The molecule has 1 saturated carbocycles. The van der Waals surface area contributed by atoms with Crippen molar-refractivity contribution in [3.05, 3.63) is 17.8 Å². The molecule has 0 amide bonds. The van der Waals surface area contributed by atoms with Gasteiger partial charge >= 0.3 is 0 Å². The number of aromatic nitrogens is 1. The Bertz CT molecular complexity index is 401. The maximum Gasteiger partial charge on any atom is 0.206 e. The lowest BCUT2D eigenvalue weighted by atomic mass is 9.77. The third-order valence-electron chi connectivity index (χ3n) is 3.59. The minimum absolute atomic E-state index is 0.329. The van der Waals surface area contributed by atoms with E-state index in [1.165, 1.54) is 12.8 Å². The molecule has 1 aromatic heterocycles. The summed E-state index contributed by atoms with van der Waals surface area (Å²) in [5.41, 5.74) is 0.431. The summed E-state index contributed by atoms with van der Waals surface area (Å²) in [4.78, 5) is 4.12. The first-order valence-electron chi connectivity index (χ1n) is 6.25.